The Kier molecular flexibility index (Phi) is 6.72. The average molecular weight is 461 g/mol. The van der Waals surface area contributed by atoms with E-state index in [1.807, 2.05) is 48.5 Å². The quantitative estimate of drug-likeness (QED) is 0.530. The molecule has 0 bridgehead atoms. The largest absolute Gasteiger partial charge is 0.467 e. The standard InChI is InChI=1S/C27H25FN2O4/c1-16(31)29-23(15-17-8-7-9-18(28)14-17)26(32)30-25(27(33)34-2)24-21-12-5-3-10-19(21)20-11-4-6-13-22(20)24/h3-14,23-25H,15H2,1-2H3,(H,29,31)(H,30,32)/t23-,25+/m1/s1. The number of esters is 1. The lowest BCUT2D eigenvalue weighted by Gasteiger charge is -2.27. The molecule has 4 rings (SSSR count). The van der Waals surface area contributed by atoms with Crippen molar-refractivity contribution in [3.05, 3.63) is 95.3 Å². The second-order valence-electron chi connectivity index (χ2n) is 8.25. The predicted molar refractivity (Wildman–Crippen MR) is 125 cm³/mol. The number of fused-ring (bicyclic) bond motifs is 3. The van der Waals surface area contributed by atoms with Gasteiger partial charge in [-0.1, -0.05) is 60.7 Å². The molecule has 1 aliphatic carbocycles. The third-order valence-electron chi connectivity index (χ3n) is 5.99. The summed E-state index contributed by atoms with van der Waals surface area (Å²) in [6.07, 6.45) is 0.0644. The summed E-state index contributed by atoms with van der Waals surface area (Å²) in [4.78, 5) is 38.1. The first kappa shape index (κ1) is 23.2. The van der Waals surface area contributed by atoms with Crippen LogP contribution in [0.4, 0.5) is 4.39 Å². The SMILES string of the molecule is COC(=O)[C@@H](NC(=O)[C@@H](Cc1cccc(F)c1)NC(C)=O)C1c2ccccc2-c2ccccc21. The molecule has 0 aromatic heterocycles. The topological polar surface area (TPSA) is 84.5 Å². The number of amides is 2. The first-order valence-electron chi connectivity index (χ1n) is 11.0. The van der Waals surface area contributed by atoms with Crippen LogP contribution >= 0.6 is 0 Å². The number of benzene rings is 3. The highest BCUT2D eigenvalue weighted by atomic mass is 19.1. The van der Waals surface area contributed by atoms with Crippen molar-refractivity contribution < 1.29 is 23.5 Å². The van der Waals surface area contributed by atoms with Crippen molar-refractivity contribution in [3.8, 4) is 11.1 Å². The monoisotopic (exact) mass is 460 g/mol. The number of carbonyl (C=O) groups is 3. The van der Waals surface area contributed by atoms with Gasteiger partial charge in [-0.25, -0.2) is 9.18 Å². The van der Waals surface area contributed by atoms with Crippen LogP contribution in [0.5, 0.6) is 0 Å². The number of hydrogen-bond acceptors (Lipinski definition) is 4. The van der Waals surface area contributed by atoms with Crippen LogP contribution in [0.15, 0.2) is 72.8 Å². The molecular formula is C27H25FN2O4. The fourth-order valence-electron chi connectivity index (χ4n) is 4.57. The van der Waals surface area contributed by atoms with Crippen LogP contribution in [0.25, 0.3) is 11.1 Å². The summed E-state index contributed by atoms with van der Waals surface area (Å²) in [6, 6.07) is 19.3. The Morgan fingerprint density at radius 2 is 1.53 bits per heavy atom. The third kappa shape index (κ3) is 4.69. The summed E-state index contributed by atoms with van der Waals surface area (Å²) in [6.45, 7) is 1.30. The minimum Gasteiger partial charge on any atom is -0.467 e. The molecule has 0 aliphatic heterocycles. The number of rotatable bonds is 7. The molecule has 2 N–H and O–H groups in total. The van der Waals surface area contributed by atoms with Gasteiger partial charge in [0.2, 0.25) is 11.8 Å². The van der Waals surface area contributed by atoms with Gasteiger partial charge in [0.15, 0.2) is 0 Å². The second kappa shape index (κ2) is 9.87. The summed E-state index contributed by atoms with van der Waals surface area (Å²) < 4.78 is 18.7. The Morgan fingerprint density at radius 3 is 2.09 bits per heavy atom. The van der Waals surface area contributed by atoms with Crippen molar-refractivity contribution >= 4 is 17.8 Å². The number of carbonyl (C=O) groups excluding carboxylic acids is 3. The summed E-state index contributed by atoms with van der Waals surface area (Å²) in [5.74, 6) is -2.47. The maximum absolute atomic E-state index is 13.7. The van der Waals surface area contributed by atoms with Gasteiger partial charge in [0, 0.05) is 19.3 Å². The molecule has 3 aromatic carbocycles. The van der Waals surface area contributed by atoms with Gasteiger partial charge in [-0.2, -0.15) is 0 Å². The Labute approximate surface area is 197 Å². The van der Waals surface area contributed by atoms with Gasteiger partial charge in [-0.15, -0.1) is 0 Å². The zero-order valence-corrected chi connectivity index (χ0v) is 18.9. The van der Waals surface area contributed by atoms with Crippen molar-refractivity contribution in [2.24, 2.45) is 0 Å². The molecule has 3 aromatic rings. The van der Waals surface area contributed by atoms with Gasteiger partial charge in [0.25, 0.3) is 0 Å². The van der Waals surface area contributed by atoms with Crippen LogP contribution in [0.3, 0.4) is 0 Å². The van der Waals surface area contributed by atoms with Gasteiger partial charge in [0.05, 0.1) is 7.11 Å². The van der Waals surface area contributed by atoms with Crippen molar-refractivity contribution in [1.82, 2.24) is 10.6 Å². The molecule has 174 valence electrons. The van der Waals surface area contributed by atoms with Crippen molar-refractivity contribution in [1.29, 1.82) is 0 Å². The van der Waals surface area contributed by atoms with Crippen molar-refractivity contribution in [2.45, 2.75) is 31.3 Å². The van der Waals surface area contributed by atoms with Crippen LogP contribution in [-0.2, 0) is 25.5 Å². The van der Waals surface area contributed by atoms with E-state index in [4.69, 9.17) is 4.74 Å². The van der Waals surface area contributed by atoms with Crippen LogP contribution in [0, 0.1) is 5.82 Å². The zero-order valence-electron chi connectivity index (χ0n) is 18.9. The molecule has 2 amide bonds. The molecule has 0 saturated carbocycles. The summed E-state index contributed by atoms with van der Waals surface area (Å²) in [5.41, 5.74) is 4.33. The van der Waals surface area contributed by atoms with Crippen LogP contribution in [0.2, 0.25) is 0 Å². The molecule has 7 heteroatoms. The van der Waals surface area contributed by atoms with Gasteiger partial charge in [-0.3, -0.25) is 9.59 Å². The second-order valence-corrected chi connectivity index (χ2v) is 8.25. The molecule has 2 atom stereocenters. The number of halogens is 1. The highest BCUT2D eigenvalue weighted by Crippen LogP contribution is 2.46. The van der Waals surface area contributed by atoms with Gasteiger partial charge in [0.1, 0.15) is 17.9 Å². The molecule has 1 aliphatic rings. The maximum atomic E-state index is 13.7. The Hall–Kier alpha value is -4.00. The average Bonchev–Trinajstić information content (AvgIpc) is 3.15. The lowest BCUT2D eigenvalue weighted by molar-refractivity contribution is -0.145. The fourth-order valence-corrected chi connectivity index (χ4v) is 4.57. The van der Waals surface area contributed by atoms with E-state index < -0.39 is 41.6 Å². The predicted octanol–water partition coefficient (Wildman–Crippen LogP) is 3.34. The van der Waals surface area contributed by atoms with E-state index in [1.54, 1.807) is 6.07 Å². The lowest BCUT2D eigenvalue weighted by atomic mass is 9.89. The van der Waals surface area contributed by atoms with E-state index >= 15 is 0 Å². The lowest BCUT2D eigenvalue weighted by Crippen LogP contribution is -2.54. The van der Waals surface area contributed by atoms with Crippen LogP contribution in [0.1, 0.15) is 29.5 Å². The molecule has 0 heterocycles. The normalized spacial score (nSPS) is 13.9. The molecule has 0 unspecified atom stereocenters. The minimum atomic E-state index is -1.02. The van der Waals surface area contributed by atoms with E-state index in [9.17, 15) is 18.8 Å². The van der Waals surface area contributed by atoms with Gasteiger partial charge in [-0.05, 0) is 39.9 Å². The van der Waals surface area contributed by atoms with E-state index in [0.717, 1.165) is 22.3 Å². The minimum absolute atomic E-state index is 0.0644. The van der Waals surface area contributed by atoms with Crippen LogP contribution < -0.4 is 10.6 Å². The molecule has 0 fully saturated rings. The summed E-state index contributed by atoms with van der Waals surface area (Å²) in [5, 5.41) is 5.42. The summed E-state index contributed by atoms with van der Waals surface area (Å²) in [7, 11) is 1.27. The van der Waals surface area contributed by atoms with E-state index in [1.165, 1.54) is 32.2 Å². The Morgan fingerprint density at radius 1 is 0.912 bits per heavy atom. The highest BCUT2D eigenvalue weighted by Gasteiger charge is 2.40. The Balaban J connectivity index is 1.67. The first-order valence-corrected chi connectivity index (χ1v) is 11.0. The summed E-state index contributed by atoms with van der Waals surface area (Å²) >= 11 is 0. The number of hydrogen-bond donors (Lipinski definition) is 2. The number of ether oxygens (including phenoxy) is 1. The van der Waals surface area contributed by atoms with E-state index in [0.29, 0.717) is 5.56 Å². The third-order valence-corrected chi connectivity index (χ3v) is 5.99. The Bertz CT molecular complexity index is 1200. The maximum Gasteiger partial charge on any atom is 0.329 e. The first-order chi connectivity index (χ1) is 16.4. The molecular weight excluding hydrogens is 435 g/mol. The van der Waals surface area contributed by atoms with Gasteiger partial charge >= 0.3 is 5.97 Å². The number of methoxy groups -OCH3 is 1. The van der Waals surface area contributed by atoms with Crippen LogP contribution in [-0.4, -0.2) is 37.0 Å². The molecule has 6 nitrogen and oxygen atoms in total. The highest BCUT2D eigenvalue weighted by molar-refractivity contribution is 5.92. The smallest absolute Gasteiger partial charge is 0.329 e. The zero-order chi connectivity index (χ0) is 24.2. The molecule has 0 spiro atoms. The van der Waals surface area contributed by atoms with E-state index in [-0.39, 0.29) is 6.42 Å². The molecule has 0 radical (unpaired) electrons. The molecule has 0 saturated heterocycles. The molecule has 34 heavy (non-hydrogen) atoms. The fraction of sp³-hybridized carbons (Fsp3) is 0.222. The number of nitrogens with one attached hydrogen (secondary N) is 2. The van der Waals surface area contributed by atoms with Crippen molar-refractivity contribution in [2.75, 3.05) is 7.11 Å². The van der Waals surface area contributed by atoms with Gasteiger partial charge < -0.3 is 15.4 Å². The van der Waals surface area contributed by atoms with E-state index in [2.05, 4.69) is 10.6 Å². The van der Waals surface area contributed by atoms with Crippen molar-refractivity contribution in [3.63, 3.8) is 0 Å².